The number of pyridine rings is 1. The molecular weight excluding hydrogens is 186 g/mol. The van der Waals surface area contributed by atoms with Gasteiger partial charge in [-0.1, -0.05) is 38.4 Å². The van der Waals surface area contributed by atoms with Gasteiger partial charge in [0.05, 0.1) is 6.10 Å². The van der Waals surface area contributed by atoms with Gasteiger partial charge >= 0.3 is 0 Å². The summed E-state index contributed by atoms with van der Waals surface area (Å²) >= 11 is 5.64. The molecule has 1 unspecified atom stereocenters. The van der Waals surface area contributed by atoms with E-state index in [-0.39, 0.29) is 5.41 Å². The fourth-order valence-corrected chi connectivity index (χ4v) is 1.16. The maximum atomic E-state index is 9.86. The van der Waals surface area contributed by atoms with Crippen LogP contribution in [0.1, 0.15) is 32.4 Å². The summed E-state index contributed by atoms with van der Waals surface area (Å²) in [7, 11) is 0. The number of aliphatic hydroxyl groups excluding tert-OH is 1. The summed E-state index contributed by atoms with van der Waals surface area (Å²) in [5.41, 5.74) is 0.632. The fraction of sp³-hybridized carbons (Fsp3) is 0.500. The van der Waals surface area contributed by atoms with Crippen LogP contribution in [0.3, 0.4) is 0 Å². The van der Waals surface area contributed by atoms with Crippen molar-refractivity contribution in [2.75, 3.05) is 0 Å². The Balaban J connectivity index is 2.90. The van der Waals surface area contributed by atoms with Crippen LogP contribution in [0.15, 0.2) is 18.3 Å². The van der Waals surface area contributed by atoms with Crippen molar-refractivity contribution < 1.29 is 5.11 Å². The van der Waals surface area contributed by atoms with Crippen LogP contribution >= 0.6 is 11.6 Å². The minimum Gasteiger partial charge on any atom is -0.388 e. The van der Waals surface area contributed by atoms with Crippen molar-refractivity contribution >= 4 is 11.6 Å². The molecule has 0 fully saturated rings. The number of rotatable bonds is 1. The van der Waals surface area contributed by atoms with Crippen LogP contribution in [-0.4, -0.2) is 10.1 Å². The summed E-state index contributed by atoms with van der Waals surface area (Å²) in [5, 5.41) is 10.3. The molecular formula is C10H14ClNO. The molecule has 1 rings (SSSR count). The van der Waals surface area contributed by atoms with E-state index in [1.807, 2.05) is 20.8 Å². The highest BCUT2D eigenvalue weighted by Gasteiger charge is 2.23. The zero-order valence-electron chi connectivity index (χ0n) is 8.08. The quantitative estimate of drug-likeness (QED) is 0.706. The minimum absolute atomic E-state index is 0.171. The molecule has 1 atom stereocenters. The number of hydrogen-bond donors (Lipinski definition) is 1. The average Bonchev–Trinajstić information content (AvgIpc) is 2.03. The third kappa shape index (κ3) is 2.68. The smallest absolute Gasteiger partial charge is 0.129 e. The molecule has 1 N–H and O–H groups in total. The van der Waals surface area contributed by atoms with Gasteiger partial charge in [-0.3, -0.25) is 0 Å². The largest absolute Gasteiger partial charge is 0.388 e. The Hall–Kier alpha value is -0.600. The molecule has 0 spiro atoms. The van der Waals surface area contributed by atoms with Crippen molar-refractivity contribution in [2.24, 2.45) is 5.41 Å². The van der Waals surface area contributed by atoms with Gasteiger partial charge in [0.15, 0.2) is 0 Å². The van der Waals surface area contributed by atoms with Crippen LogP contribution in [0, 0.1) is 5.41 Å². The Bertz CT molecular complexity index is 276. The molecule has 0 radical (unpaired) electrons. The highest BCUT2D eigenvalue weighted by Crippen LogP contribution is 2.32. The first kappa shape index (κ1) is 10.5. The van der Waals surface area contributed by atoms with Gasteiger partial charge in [0.2, 0.25) is 0 Å². The van der Waals surface area contributed by atoms with E-state index in [4.69, 9.17) is 11.6 Å². The second kappa shape index (κ2) is 3.64. The van der Waals surface area contributed by atoms with Crippen LogP contribution < -0.4 is 0 Å². The molecule has 0 bridgehead atoms. The van der Waals surface area contributed by atoms with Crippen LogP contribution in [0.5, 0.6) is 0 Å². The van der Waals surface area contributed by atoms with E-state index in [9.17, 15) is 5.11 Å². The van der Waals surface area contributed by atoms with Gasteiger partial charge in [0.25, 0.3) is 0 Å². The number of halogens is 1. The van der Waals surface area contributed by atoms with Gasteiger partial charge in [-0.2, -0.15) is 0 Å². The third-order valence-electron chi connectivity index (χ3n) is 1.89. The van der Waals surface area contributed by atoms with Crippen LogP contribution in [0.2, 0.25) is 5.15 Å². The Morgan fingerprint density at radius 1 is 1.38 bits per heavy atom. The second-order valence-corrected chi connectivity index (χ2v) is 4.57. The first-order chi connectivity index (χ1) is 5.91. The van der Waals surface area contributed by atoms with E-state index in [0.717, 1.165) is 5.56 Å². The molecule has 2 nitrogen and oxygen atoms in total. The van der Waals surface area contributed by atoms with E-state index in [2.05, 4.69) is 4.98 Å². The van der Waals surface area contributed by atoms with Crippen LogP contribution in [0.4, 0.5) is 0 Å². The summed E-state index contributed by atoms with van der Waals surface area (Å²) in [6, 6.07) is 3.48. The standard InChI is InChI=1S/C10H14ClNO/c1-10(2,3)9(13)7-4-5-8(11)12-6-7/h4-6,9,13H,1-3H3. The number of hydrogen-bond acceptors (Lipinski definition) is 2. The lowest BCUT2D eigenvalue weighted by molar-refractivity contribution is 0.0624. The van der Waals surface area contributed by atoms with Gasteiger partial charge < -0.3 is 5.11 Å². The molecule has 1 aromatic heterocycles. The van der Waals surface area contributed by atoms with Gasteiger partial charge in [-0.25, -0.2) is 4.98 Å². The summed E-state index contributed by atoms with van der Waals surface area (Å²) in [6.45, 7) is 5.94. The predicted octanol–water partition coefficient (Wildman–Crippen LogP) is 2.81. The molecule has 0 saturated carbocycles. The zero-order chi connectivity index (χ0) is 10.1. The van der Waals surface area contributed by atoms with E-state index in [1.165, 1.54) is 0 Å². The van der Waals surface area contributed by atoms with Crippen molar-refractivity contribution in [3.05, 3.63) is 29.0 Å². The first-order valence-corrected chi connectivity index (χ1v) is 4.58. The van der Waals surface area contributed by atoms with E-state index in [0.29, 0.717) is 5.15 Å². The van der Waals surface area contributed by atoms with Crippen molar-refractivity contribution in [1.29, 1.82) is 0 Å². The predicted molar refractivity (Wildman–Crippen MR) is 53.7 cm³/mol. The summed E-state index contributed by atoms with van der Waals surface area (Å²) in [5.74, 6) is 0. The monoisotopic (exact) mass is 199 g/mol. The normalized spacial score (nSPS) is 14.2. The maximum absolute atomic E-state index is 9.86. The Morgan fingerprint density at radius 3 is 2.38 bits per heavy atom. The summed E-state index contributed by atoms with van der Waals surface area (Å²) < 4.78 is 0. The number of nitrogens with zero attached hydrogens (tertiary/aromatic N) is 1. The lowest BCUT2D eigenvalue weighted by Gasteiger charge is -2.25. The molecule has 3 heteroatoms. The average molecular weight is 200 g/mol. The van der Waals surface area contributed by atoms with Gasteiger partial charge in [-0.15, -0.1) is 0 Å². The van der Waals surface area contributed by atoms with Gasteiger partial charge in [-0.05, 0) is 17.0 Å². The SMILES string of the molecule is CC(C)(C)C(O)c1ccc(Cl)nc1. The fourth-order valence-electron chi connectivity index (χ4n) is 1.05. The molecule has 0 aliphatic rings. The molecule has 0 amide bonds. The van der Waals surface area contributed by atoms with Gasteiger partial charge in [0.1, 0.15) is 5.15 Å². The number of aliphatic hydroxyl groups is 1. The Kier molecular flexibility index (Phi) is 2.94. The van der Waals surface area contributed by atoms with Crippen LogP contribution in [-0.2, 0) is 0 Å². The lowest BCUT2D eigenvalue weighted by atomic mass is 9.85. The van der Waals surface area contributed by atoms with E-state index < -0.39 is 6.10 Å². The molecule has 72 valence electrons. The molecule has 0 aliphatic heterocycles. The highest BCUT2D eigenvalue weighted by molar-refractivity contribution is 6.29. The van der Waals surface area contributed by atoms with Crippen LogP contribution in [0.25, 0.3) is 0 Å². The number of aromatic nitrogens is 1. The zero-order valence-corrected chi connectivity index (χ0v) is 8.84. The topological polar surface area (TPSA) is 33.1 Å². The maximum Gasteiger partial charge on any atom is 0.129 e. The van der Waals surface area contributed by atoms with E-state index in [1.54, 1.807) is 18.3 Å². The Morgan fingerprint density at radius 2 is 2.00 bits per heavy atom. The molecule has 1 heterocycles. The second-order valence-electron chi connectivity index (χ2n) is 4.18. The van der Waals surface area contributed by atoms with Crippen molar-refractivity contribution in [3.8, 4) is 0 Å². The van der Waals surface area contributed by atoms with Crippen molar-refractivity contribution in [3.63, 3.8) is 0 Å². The minimum atomic E-state index is -0.503. The highest BCUT2D eigenvalue weighted by atomic mass is 35.5. The molecule has 0 aromatic carbocycles. The van der Waals surface area contributed by atoms with Gasteiger partial charge in [0, 0.05) is 6.20 Å². The molecule has 0 aliphatic carbocycles. The lowest BCUT2D eigenvalue weighted by Crippen LogP contribution is -2.17. The summed E-state index contributed by atoms with van der Waals surface area (Å²) in [4.78, 5) is 3.92. The Labute approximate surface area is 83.6 Å². The first-order valence-electron chi connectivity index (χ1n) is 4.21. The summed E-state index contributed by atoms with van der Waals surface area (Å²) in [6.07, 6.45) is 1.11. The third-order valence-corrected chi connectivity index (χ3v) is 2.11. The van der Waals surface area contributed by atoms with Crippen molar-refractivity contribution in [2.45, 2.75) is 26.9 Å². The molecule has 13 heavy (non-hydrogen) atoms. The molecule has 0 saturated heterocycles. The van der Waals surface area contributed by atoms with Crippen molar-refractivity contribution in [1.82, 2.24) is 4.98 Å². The molecule has 1 aromatic rings. The van der Waals surface area contributed by atoms with E-state index >= 15 is 0 Å².